The summed E-state index contributed by atoms with van der Waals surface area (Å²) in [6, 6.07) is 20.2. The minimum Gasteiger partial charge on any atom is -0.497 e. The van der Waals surface area contributed by atoms with E-state index < -0.39 is 0 Å². The van der Waals surface area contributed by atoms with E-state index in [1.165, 1.54) is 7.11 Å². The van der Waals surface area contributed by atoms with Gasteiger partial charge in [-0.15, -0.1) is 0 Å². The van der Waals surface area contributed by atoms with Crippen molar-refractivity contribution in [2.75, 3.05) is 33.3 Å². The Balaban J connectivity index is 1.68. The van der Waals surface area contributed by atoms with Gasteiger partial charge in [-0.05, 0) is 61.5 Å². The number of fused-ring (bicyclic) bond motifs is 1. The van der Waals surface area contributed by atoms with Gasteiger partial charge in [0, 0.05) is 28.8 Å². The zero-order valence-electron chi connectivity index (χ0n) is 19.5. The standard InChI is InChI=1S/C27H26N2O5/c1-5-34-26-16-24(17-6-9-19(31-2)10-7-17)29-23-13-8-18(14-22(23)26)28-27(30)21-12-11-20(32-3)15-25(21)33-4/h6-16H,5H2,1-4H3,(H,28,30). The first-order valence-corrected chi connectivity index (χ1v) is 10.8. The maximum Gasteiger partial charge on any atom is 0.259 e. The van der Waals surface area contributed by atoms with Crippen molar-refractivity contribution in [2.45, 2.75) is 6.92 Å². The number of carbonyl (C=O) groups is 1. The van der Waals surface area contributed by atoms with Crippen molar-refractivity contribution in [3.8, 4) is 34.3 Å². The molecule has 0 saturated carbocycles. The highest BCUT2D eigenvalue weighted by atomic mass is 16.5. The SMILES string of the molecule is CCOc1cc(-c2ccc(OC)cc2)nc2ccc(NC(=O)c3ccc(OC)cc3OC)cc12. The fourth-order valence-corrected chi connectivity index (χ4v) is 3.64. The second-order valence-corrected chi connectivity index (χ2v) is 7.42. The summed E-state index contributed by atoms with van der Waals surface area (Å²) in [6.45, 7) is 2.43. The van der Waals surface area contributed by atoms with Crippen LogP contribution in [0, 0.1) is 0 Å². The molecule has 174 valence electrons. The number of nitrogens with zero attached hydrogens (tertiary/aromatic N) is 1. The van der Waals surface area contributed by atoms with Gasteiger partial charge in [0.25, 0.3) is 5.91 Å². The molecule has 7 nitrogen and oxygen atoms in total. The van der Waals surface area contributed by atoms with E-state index in [4.69, 9.17) is 23.9 Å². The molecule has 0 unspecified atom stereocenters. The average Bonchev–Trinajstić information content (AvgIpc) is 2.88. The van der Waals surface area contributed by atoms with Crippen LogP contribution in [0.2, 0.25) is 0 Å². The van der Waals surface area contributed by atoms with E-state index >= 15 is 0 Å². The summed E-state index contributed by atoms with van der Waals surface area (Å²) in [6.07, 6.45) is 0. The van der Waals surface area contributed by atoms with Crippen LogP contribution in [-0.2, 0) is 0 Å². The van der Waals surface area contributed by atoms with E-state index in [1.807, 2.05) is 55.5 Å². The van der Waals surface area contributed by atoms with Gasteiger partial charge in [0.15, 0.2) is 0 Å². The van der Waals surface area contributed by atoms with E-state index in [0.717, 1.165) is 27.9 Å². The van der Waals surface area contributed by atoms with E-state index in [2.05, 4.69) is 5.32 Å². The smallest absolute Gasteiger partial charge is 0.259 e. The summed E-state index contributed by atoms with van der Waals surface area (Å²) < 4.78 is 21.7. The lowest BCUT2D eigenvalue weighted by Crippen LogP contribution is -2.13. The molecule has 4 rings (SSSR count). The summed E-state index contributed by atoms with van der Waals surface area (Å²) in [4.78, 5) is 17.7. The summed E-state index contributed by atoms with van der Waals surface area (Å²) in [5.41, 5.74) is 3.53. The van der Waals surface area contributed by atoms with Crippen LogP contribution < -0.4 is 24.3 Å². The summed E-state index contributed by atoms with van der Waals surface area (Å²) in [5, 5.41) is 3.74. The second-order valence-electron chi connectivity index (χ2n) is 7.42. The van der Waals surface area contributed by atoms with E-state index in [-0.39, 0.29) is 5.91 Å². The summed E-state index contributed by atoms with van der Waals surface area (Å²) in [7, 11) is 4.72. The normalized spacial score (nSPS) is 10.6. The number of methoxy groups -OCH3 is 3. The Morgan fingerprint density at radius 2 is 1.56 bits per heavy atom. The maximum atomic E-state index is 12.9. The van der Waals surface area contributed by atoms with Gasteiger partial charge in [-0.2, -0.15) is 0 Å². The molecule has 4 aromatic rings. The van der Waals surface area contributed by atoms with Crippen LogP contribution >= 0.6 is 0 Å². The van der Waals surface area contributed by atoms with E-state index in [0.29, 0.717) is 35.1 Å². The van der Waals surface area contributed by atoms with Crippen molar-refractivity contribution in [2.24, 2.45) is 0 Å². The van der Waals surface area contributed by atoms with Crippen LogP contribution in [0.1, 0.15) is 17.3 Å². The van der Waals surface area contributed by atoms with Crippen molar-refractivity contribution >= 4 is 22.5 Å². The van der Waals surface area contributed by atoms with E-state index in [9.17, 15) is 4.79 Å². The molecule has 0 aliphatic heterocycles. The van der Waals surface area contributed by atoms with Crippen molar-refractivity contribution in [1.29, 1.82) is 0 Å². The minimum atomic E-state index is -0.292. The number of amides is 1. The number of benzene rings is 3. The first-order chi connectivity index (χ1) is 16.6. The van der Waals surface area contributed by atoms with Gasteiger partial charge in [0.2, 0.25) is 0 Å². The third-order valence-electron chi connectivity index (χ3n) is 5.37. The lowest BCUT2D eigenvalue weighted by molar-refractivity contribution is 0.102. The molecule has 0 spiro atoms. The molecular formula is C27H26N2O5. The van der Waals surface area contributed by atoms with E-state index in [1.54, 1.807) is 32.4 Å². The monoisotopic (exact) mass is 458 g/mol. The highest BCUT2D eigenvalue weighted by Crippen LogP contribution is 2.33. The van der Waals surface area contributed by atoms with Gasteiger partial charge in [0.1, 0.15) is 23.0 Å². The molecule has 7 heteroatoms. The summed E-state index contributed by atoms with van der Waals surface area (Å²) >= 11 is 0. The average molecular weight is 459 g/mol. The highest BCUT2D eigenvalue weighted by molar-refractivity contribution is 6.07. The van der Waals surface area contributed by atoms with Gasteiger partial charge in [-0.1, -0.05) is 0 Å². The number of pyridine rings is 1. The van der Waals surface area contributed by atoms with Crippen LogP contribution in [0.3, 0.4) is 0 Å². The molecule has 34 heavy (non-hydrogen) atoms. The molecule has 3 aromatic carbocycles. The lowest BCUT2D eigenvalue weighted by atomic mass is 10.1. The van der Waals surface area contributed by atoms with Crippen LogP contribution in [0.5, 0.6) is 23.0 Å². The molecule has 1 N–H and O–H groups in total. The zero-order valence-corrected chi connectivity index (χ0v) is 19.5. The lowest BCUT2D eigenvalue weighted by Gasteiger charge is -2.13. The molecule has 0 bridgehead atoms. The maximum absolute atomic E-state index is 12.9. The van der Waals surface area contributed by atoms with Gasteiger partial charge in [-0.3, -0.25) is 4.79 Å². The predicted octanol–water partition coefficient (Wildman–Crippen LogP) is 5.58. The minimum absolute atomic E-state index is 0.292. The van der Waals surface area contributed by atoms with Crippen LogP contribution in [0.25, 0.3) is 22.2 Å². The topological polar surface area (TPSA) is 78.9 Å². The van der Waals surface area contributed by atoms with Crippen molar-refractivity contribution in [3.05, 3.63) is 72.3 Å². The Morgan fingerprint density at radius 3 is 2.24 bits per heavy atom. The molecule has 0 atom stereocenters. The quantitative estimate of drug-likeness (QED) is 0.371. The van der Waals surface area contributed by atoms with Crippen molar-refractivity contribution < 1.29 is 23.7 Å². The number of rotatable bonds is 8. The number of nitrogens with one attached hydrogen (secondary N) is 1. The largest absolute Gasteiger partial charge is 0.497 e. The van der Waals surface area contributed by atoms with Gasteiger partial charge in [0.05, 0.1) is 44.7 Å². The molecule has 0 aliphatic rings. The first-order valence-electron chi connectivity index (χ1n) is 10.8. The Morgan fingerprint density at radius 1 is 0.824 bits per heavy atom. The molecule has 1 heterocycles. The van der Waals surface area contributed by atoms with Crippen LogP contribution in [0.4, 0.5) is 5.69 Å². The molecule has 0 saturated heterocycles. The predicted molar refractivity (Wildman–Crippen MR) is 132 cm³/mol. The van der Waals surface area contributed by atoms with Crippen molar-refractivity contribution in [3.63, 3.8) is 0 Å². The third-order valence-corrected chi connectivity index (χ3v) is 5.37. The molecular weight excluding hydrogens is 432 g/mol. The fraction of sp³-hybridized carbons (Fsp3) is 0.185. The number of carbonyl (C=O) groups excluding carboxylic acids is 1. The third kappa shape index (κ3) is 4.73. The number of hydrogen-bond acceptors (Lipinski definition) is 6. The Bertz CT molecular complexity index is 1320. The molecule has 1 aromatic heterocycles. The number of hydrogen-bond donors (Lipinski definition) is 1. The molecule has 1 amide bonds. The fourth-order valence-electron chi connectivity index (χ4n) is 3.64. The highest BCUT2D eigenvalue weighted by Gasteiger charge is 2.15. The van der Waals surface area contributed by atoms with Gasteiger partial charge < -0.3 is 24.3 Å². The number of aromatic nitrogens is 1. The second kappa shape index (κ2) is 10.1. The molecule has 0 radical (unpaired) electrons. The van der Waals surface area contributed by atoms with Crippen LogP contribution in [0.15, 0.2) is 66.7 Å². The van der Waals surface area contributed by atoms with Gasteiger partial charge >= 0.3 is 0 Å². The van der Waals surface area contributed by atoms with Gasteiger partial charge in [-0.25, -0.2) is 4.98 Å². The Hall–Kier alpha value is -4.26. The Labute approximate surface area is 198 Å². The first kappa shape index (κ1) is 22.9. The number of anilines is 1. The molecule has 0 fully saturated rings. The van der Waals surface area contributed by atoms with Crippen molar-refractivity contribution in [1.82, 2.24) is 4.98 Å². The molecule has 0 aliphatic carbocycles. The summed E-state index contributed by atoms with van der Waals surface area (Å²) in [5.74, 6) is 2.22. The zero-order chi connectivity index (χ0) is 24.1. The Kier molecular flexibility index (Phi) is 6.82. The van der Waals surface area contributed by atoms with Crippen LogP contribution in [-0.4, -0.2) is 38.8 Å². The number of ether oxygens (including phenoxy) is 4.